The van der Waals surface area contributed by atoms with E-state index in [1.165, 1.54) is 0 Å². The first kappa shape index (κ1) is 14.7. The van der Waals surface area contributed by atoms with Crippen LogP contribution in [0.25, 0.3) is 0 Å². The number of terminal acetylenes is 1. The summed E-state index contributed by atoms with van der Waals surface area (Å²) in [7, 11) is 1.84. The van der Waals surface area contributed by atoms with Gasteiger partial charge in [-0.05, 0) is 19.3 Å². The van der Waals surface area contributed by atoms with E-state index in [0.29, 0.717) is 19.4 Å². The van der Waals surface area contributed by atoms with Crippen LogP contribution in [0.5, 0.6) is 0 Å². The van der Waals surface area contributed by atoms with E-state index in [0.717, 1.165) is 37.1 Å². The van der Waals surface area contributed by atoms with Gasteiger partial charge in [0.2, 0.25) is 5.91 Å². The number of hydrogen-bond acceptors (Lipinski definition) is 5. The molecule has 2 heterocycles. The van der Waals surface area contributed by atoms with Gasteiger partial charge in [-0.3, -0.25) is 9.48 Å². The highest BCUT2D eigenvalue weighted by Crippen LogP contribution is 2.36. The third-order valence-corrected chi connectivity index (χ3v) is 4.37. The van der Waals surface area contributed by atoms with Crippen molar-refractivity contribution in [2.75, 3.05) is 6.54 Å². The molecule has 22 heavy (non-hydrogen) atoms. The zero-order chi connectivity index (χ0) is 15.6. The number of rotatable bonds is 6. The van der Waals surface area contributed by atoms with E-state index in [4.69, 9.17) is 6.42 Å². The highest BCUT2D eigenvalue weighted by molar-refractivity contribution is 5.83. The van der Waals surface area contributed by atoms with Gasteiger partial charge in [0, 0.05) is 32.9 Å². The summed E-state index contributed by atoms with van der Waals surface area (Å²) in [4.78, 5) is 12.5. The minimum atomic E-state index is -0.342. The smallest absolute Gasteiger partial charge is 0.229 e. The third kappa shape index (κ3) is 2.86. The van der Waals surface area contributed by atoms with Crippen LogP contribution in [0.3, 0.4) is 0 Å². The maximum absolute atomic E-state index is 12.5. The Morgan fingerprint density at radius 1 is 1.50 bits per heavy atom. The standard InChI is InChI=1S/C15H20N6O/c1-3-4-8-15(18-19-15)9-10-16-14(22)11-6-5-7-12-13(11)21(2)20-17-12/h1,11H,4-10H2,2H3,(H,16,22). The predicted molar refractivity (Wildman–Crippen MR) is 80.0 cm³/mol. The Morgan fingerprint density at radius 3 is 3.05 bits per heavy atom. The lowest BCUT2D eigenvalue weighted by molar-refractivity contribution is -0.123. The van der Waals surface area contributed by atoms with Gasteiger partial charge >= 0.3 is 0 Å². The minimum absolute atomic E-state index is 0.0408. The van der Waals surface area contributed by atoms with Crippen LogP contribution in [-0.4, -0.2) is 33.1 Å². The Bertz CT molecular complexity index is 635. The van der Waals surface area contributed by atoms with E-state index >= 15 is 0 Å². The molecule has 3 rings (SSSR count). The Morgan fingerprint density at radius 2 is 2.32 bits per heavy atom. The summed E-state index contributed by atoms with van der Waals surface area (Å²) in [6, 6.07) is 0. The van der Waals surface area contributed by atoms with Crippen molar-refractivity contribution < 1.29 is 4.79 Å². The van der Waals surface area contributed by atoms with Crippen molar-refractivity contribution in [1.29, 1.82) is 0 Å². The first-order valence-electron chi connectivity index (χ1n) is 7.69. The predicted octanol–water partition coefficient (Wildman–Crippen LogP) is 1.32. The molecule has 1 amide bonds. The van der Waals surface area contributed by atoms with Gasteiger partial charge in [-0.25, -0.2) is 0 Å². The molecule has 0 fully saturated rings. The van der Waals surface area contributed by atoms with Crippen LogP contribution in [0.4, 0.5) is 0 Å². The molecule has 0 bridgehead atoms. The number of hydrogen-bond donors (Lipinski definition) is 1. The molecule has 1 N–H and O–H groups in total. The van der Waals surface area contributed by atoms with Crippen LogP contribution in [-0.2, 0) is 18.3 Å². The highest BCUT2D eigenvalue weighted by Gasteiger charge is 2.39. The van der Waals surface area contributed by atoms with Crippen molar-refractivity contribution in [3.8, 4) is 12.3 Å². The highest BCUT2D eigenvalue weighted by atomic mass is 16.1. The second-order valence-electron chi connectivity index (χ2n) is 5.92. The molecule has 1 aromatic rings. The fourth-order valence-electron chi connectivity index (χ4n) is 3.05. The molecule has 0 radical (unpaired) electrons. The molecule has 7 heteroatoms. The van der Waals surface area contributed by atoms with Gasteiger partial charge in [0.25, 0.3) is 0 Å². The summed E-state index contributed by atoms with van der Waals surface area (Å²) < 4.78 is 1.72. The van der Waals surface area contributed by atoms with Crippen LogP contribution in [0.1, 0.15) is 49.4 Å². The number of aryl methyl sites for hydroxylation is 2. The van der Waals surface area contributed by atoms with E-state index in [-0.39, 0.29) is 17.5 Å². The summed E-state index contributed by atoms with van der Waals surface area (Å²) >= 11 is 0. The maximum atomic E-state index is 12.5. The topological polar surface area (TPSA) is 84.5 Å². The molecule has 1 unspecified atom stereocenters. The Kier molecular flexibility index (Phi) is 3.92. The molecule has 1 aliphatic carbocycles. The number of fused-ring (bicyclic) bond motifs is 1. The maximum Gasteiger partial charge on any atom is 0.229 e. The molecular weight excluding hydrogens is 280 g/mol. The van der Waals surface area contributed by atoms with Crippen LogP contribution < -0.4 is 5.32 Å². The minimum Gasteiger partial charge on any atom is -0.355 e. The Hall–Kier alpha value is -2.23. The van der Waals surface area contributed by atoms with Crippen LogP contribution in [0, 0.1) is 12.3 Å². The van der Waals surface area contributed by atoms with E-state index in [1.807, 2.05) is 7.05 Å². The average molecular weight is 300 g/mol. The number of carbonyl (C=O) groups excluding carboxylic acids is 1. The fraction of sp³-hybridized carbons (Fsp3) is 0.667. The second-order valence-corrected chi connectivity index (χ2v) is 5.92. The average Bonchev–Trinajstić information content (AvgIpc) is 3.20. The van der Waals surface area contributed by atoms with E-state index in [9.17, 15) is 4.79 Å². The lowest BCUT2D eigenvalue weighted by atomic mass is 9.89. The SMILES string of the molecule is C#CCCC1(CCNC(=O)C2CCCc3nnn(C)c32)N=N1. The summed E-state index contributed by atoms with van der Waals surface area (Å²) in [5, 5.41) is 19.3. The summed E-state index contributed by atoms with van der Waals surface area (Å²) in [6.45, 7) is 0.563. The van der Waals surface area contributed by atoms with E-state index < -0.39 is 0 Å². The zero-order valence-electron chi connectivity index (χ0n) is 12.7. The van der Waals surface area contributed by atoms with Crippen molar-refractivity contribution in [1.82, 2.24) is 20.3 Å². The molecule has 1 aromatic heterocycles. The monoisotopic (exact) mass is 300 g/mol. The van der Waals surface area contributed by atoms with E-state index in [1.54, 1.807) is 4.68 Å². The second kappa shape index (κ2) is 5.87. The first-order chi connectivity index (χ1) is 10.7. The number of amides is 1. The normalized spacial score (nSPS) is 21.0. The molecule has 0 saturated heterocycles. The summed E-state index contributed by atoms with van der Waals surface area (Å²) in [6.07, 6.45) is 10.1. The van der Waals surface area contributed by atoms with Gasteiger partial charge in [0.1, 0.15) is 0 Å². The molecule has 1 atom stereocenters. The van der Waals surface area contributed by atoms with Crippen LogP contribution in [0.2, 0.25) is 0 Å². The van der Waals surface area contributed by atoms with Crippen LogP contribution in [0.15, 0.2) is 10.2 Å². The van der Waals surface area contributed by atoms with Gasteiger partial charge in [-0.15, -0.1) is 17.4 Å². The van der Waals surface area contributed by atoms with Gasteiger partial charge in [-0.1, -0.05) is 5.21 Å². The fourth-order valence-corrected chi connectivity index (χ4v) is 3.05. The third-order valence-electron chi connectivity index (χ3n) is 4.37. The van der Waals surface area contributed by atoms with E-state index in [2.05, 4.69) is 31.8 Å². The van der Waals surface area contributed by atoms with Gasteiger partial charge in [-0.2, -0.15) is 10.2 Å². The van der Waals surface area contributed by atoms with Crippen molar-refractivity contribution in [3.63, 3.8) is 0 Å². The van der Waals surface area contributed by atoms with Gasteiger partial charge in [0.15, 0.2) is 5.66 Å². The van der Waals surface area contributed by atoms with Crippen molar-refractivity contribution in [2.45, 2.75) is 50.1 Å². The van der Waals surface area contributed by atoms with Crippen molar-refractivity contribution in [3.05, 3.63) is 11.4 Å². The summed E-state index contributed by atoms with van der Waals surface area (Å²) in [5.41, 5.74) is 1.56. The van der Waals surface area contributed by atoms with Crippen molar-refractivity contribution >= 4 is 5.91 Å². The lowest BCUT2D eigenvalue weighted by Gasteiger charge is -2.21. The van der Waals surface area contributed by atoms with Gasteiger partial charge < -0.3 is 5.32 Å². The molecule has 0 aromatic carbocycles. The number of aromatic nitrogens is 3. The zero-order valence-corrected chi connectivity index (χ0v) is 12.7. The molecular formula is C15H20N6O. The first-order valence-corrected chi connectivity index (χ1v) is 7.69. The van der Waals surface area contributed by atoms with Crippen molar-refractivity contribution in [2.24, 2.45) is 17.3 Å². The molecule has 0 spiro atoms. The van der Waals surface area contributed by atoms with Gasteiger partial charge in [0.05, 0.1) is 17.3 Å². The molecule has 0 saturated carbocycles. The lowest BCUT2D eigenvalue weighted by Crippen LogP contribution is -2.34. The number of nitrogens with zero attached hydrogens (tertiary/aromatic N) is 5. The largest absolute Gasteiger partial charge is 0.355 e. The Labute approximate surface area is 129 Å². The molecule has 2 aliphatic rings. The molecule has 116 valence electrons. The number of carbonyl (C=O) groups is 1. The molecule has 7 nitrogen and oxygen atoms in total. The Balaban J connectivity index is 1.53. The summed E-state index contributed by atoms with van der Waals surface area (Å²) in [5.74, 6) is 2.49. The molecule has 1 aliphatic heterocycles. The van der Waals surface area contributed by atoms with Crippen LogP contribution >= 0.6 is 0 Å². The quantitative estimate of drug-likeness (QED) is 0.804. The number of nitrogens with one attached hydrogen (secondary N) is 1.